The first-order valence-electron chi connectivity index (χ1n) is 6.32. The summed E-state index contributed by atoms with van der Waals surface area (Å²) < 4.78 is 10.7. The van der Waals surface area contributed by atoms with Crippen LogP contribution in [-0.4, -0.2) is 24.4 Å². The molecule has 1 aromatic rings. The molecule has 104 valence electrons. The first kappa shape index (κ1) is 13.7. The van der Waals surface area contributed by atoms with E-state index in [-0.39, 0.29) is 6.79 Å². The van der Waals surface area contributed by atoms with Crippen molar-refractivity contribution < 1.29 is 19.4 Å². The zero-order chi connectivity index (χ0) is 13.9. The minimum absolute atomic E-state index is 0.262. The number of rotatable bonds is 6. The first-order chi connectivity index (χ1) is 9.00. The van der Waals surface area contributed by atoms with E-state index < -0.39 is 11.4 Å². The van der Waals surface area contributed by atoms with Crippen LogP contribution in [-0.2, 0) is 11.3 Å². The van der Waals surface area contributed by atoms with Gasteiger partial charge in [-0.2, -0.15) is 0 Å². The van der Waals surface area contributed by atoms with E-state index >= 15 is 0 Å². The molecule has 0 spiro atoms. The molecule has 1 heterocycles. The number of hydrogen-bond acceptors (Lipinski definition) is 4. The molecule has 0 amide bonds. The van der Waals surface area contributed by atoms with Crippen molar-refractivity contribution in [2.45, 2.75) is 26.8 Å². The van der Waals surface area contributed by atoms with Crippen LogP contribution in [0.4, 0.5) is 0 Å². The fraction of sp³-hybridized carbons (Fsp3) is 0.500. The number of carboxylic acid groups (broad SMARTS) is 1. The van der Waals surface area contributed by atoms with Crippen LogP contribution in [0.15, 0.2) is 18.2 Å². The number of carbonyl (C=O) groups is 1. The molecule has 0 atom stereocenters. The van der Waals surface area contributed by atoms with Crippen LogP contribution in [0.3, 0.4) is 0 Å². The van der Waals surface area contributed by atoms with Gasteiger partial charge in [0.1, 0.15) is 0 Å². The van der Waals surface area contributed by atoms with Gasteiger partial charge in [0.05, 0.1) is 5.41 Å². The molecule has 0 aliphatic carbocycles. The number of para-hydroxylation sites is 1. The van der Waals surface area contributed by atoms with E-state index in [9.17, 15) is 4.79 Å². The molecule has 2 rings (SSSR count). The summed E-state index contributed by atoms with van der Waals surface area (Å²) in [5, 5.41) is 12.3. The summed E-state index contributed by atoms with van der Waals surface area (Å²) >= 11 is 0. The Morgan fingerprint density at radius 1 is 1.42 bits per heavy atom. The Bertz CT molecular complexity index is 471. The Kier molecular flexibility index (Phi) is 3.95. The summed E-state index contributed by atoms with van der Waals surface area (Å²) in [6.45, 7) is 5.01. The first-order valence-corrected chi connectivity index (χ1v) is 6.32. The number of nitrogens with one attached hydrogen (secondary N) is 1. The predicted molar refractivity (Wildman–Crippen MR) is 70.3 cm³/mol. The van der Waals surface area contributed by atoms with Crippen molar-refractivity contribution in [2.24, 2.45) is 5.41 Å². The average molecular weight is 265 g/mol. The quantitative estimate of drug-likeness (QED) is 0.770. The van der Waals surface area contributed by atoms with Crippen molar-refractivity contribution in [1.82, 2.24) is 5.32 Å². The molecule has 0 radical (unpaired) electrons. The predicted octanol–water partition coefficient (Wildman–Crippen LogP) is 2.01. The van der Waals surface area contributed by atoms with Gasteiger partial charge in [-0.1, -0.05) is 12.1 Å². The number of hydrogen-bond donors (Lipinski definition) is 2. The van der Waals surface area contributed by atoms with E-state index in [4.69, 9.17) is 14.6 Å². The van der Waals surface area contributed by atoms with Crippen LogP contribution in [0.25, 0.3) is 0 Å². The summed E-state index contributed by atoms with van der Waals surface area (Å²) in [6, 6.07) is 5.77. The standard InChI is InChI=1S/C14H19NO4/c1-14(2,13(16)17)6-7-15-8-10-4-3-5-11-12(10)19-9-18-11/h3-5,15H,6-9H2,1-2H3,(H,16,17). The minimum Gasteiger partial charge on any atom is -0.481 e. The molecule has 19 heavy (non-hydrogen) atoms. The van der Waals surface area contributed by atoms with E-state index in [1.807, 2.05) is 18.2 Å². The molecule has 5 heteroatoms. The lowest BCUT2D eigenvalue weighted by atomic mass is 9.90. The lowest BCUT2D eigenvalue weighted by molar-refractivity contribution is -0.147. The number of fused-ring (bicyclic) bond motifs is 1. The van der Waals surface area contributed by atoms with Crippen molar-refractivity contribution in [3.8, 4) is 11.5 Å². The van der Waals surface area contributed by atoms with Crippen molar-refractivity contribution in [1.29, 1.82) is 0 Å². The Labute approximate surface area is 112 Å². The van der Waals surface area contributed by atoms with Gasteiger partial charge in [-0.05, 0) is 32.9 Å². The molecule has 0 fully saturated rings. The van der Waals surface area contributed by atoms with Crippen LogP contribution >= 0.6 is 0 Å². The molecule has 5 nitrogen and oxygen atoms in total. The number of carboxylic acids is 1. The van der Waals surface area contributed by atoms with E-state index in [0.29, 0.717) is 19.5 Å². The summed E-state index contributed by atoms with van der Waals surface area (Å²) in [4.78, 5) is 11.0. The highest BCUT2D eigenvalue weighted by Gasteiger charge is 2.26. The van der Waals surface area contributed by atoms with Gasteiger partial charge >= 0.3 is 5.97 Å². The Morgan fingerprint density at radius 3 is 2.95 bits per heavy atom. The van der Waals surface area contributed by atoms with Gasteiger partial charge in [0.15, 0.2) is 11.5 Å². The molecule has 0 saturated carbocycles. The van der Waals surface area contributed by atoms with Gasteiger partial charge in [0, 0.05) is 12.1 Å². The molecule has 0 aromatic heterocycles. The largest absolute Gasteiger partial charge is 0.481 e. The maximum atomic E-state index is 11.0. The lowest BCUT2D eigenvalue weighted by Crippen LogP contribution is -2.28. The zero-order valence-corrected chi connectivity index (χ0v) is 11.2. The molecule has 0 saturated heterocycles. The van der Waals surface area contributed by atoms with E-state index in [1.54, 1.807) is 13.8 Å². The maximum Gasteiger partial charge on any atom is 0.309 e. The van der Waals surface area contributed by atoms with Crippen molar-refractivity contribution in [3.63, 3.8) is 0 Å². The van der Waals surface area contributed by atoms with Crippen LogP contribution < -0.4 is 14.8 Å². The second-order valence-corrected chi connectivity index (χ2v) is 5.27. The molecule has 0 bridgehead atoms. The van der Waals surface area contributed by atoms with Gasteiger partial charge in [-0.25, -0.2) is 0 Å². The molecular weight excluding hydrogens is 246 g/mol. The van der Waals surface area contributed by atoms with Crippen LogP contribution in [0, 0.1) is 5.41 Å². The second kappa shape index (κ2) is 5.48. The van der Waals surface area contributed by atoms with Crippen LogP contribution in [0.2, 0.25) is 0 Å². The SMILES string of the molecule is CC(C)(CCNCc1cccc2c1OCO2)C(=O)O. The fourth-order valence-electron chi connectivity index (χ4n) is 1.86. The van der Waals surface area contributed by atoms with Gasteiger partial charge in [-0.15, -0.1) is 0 Å². The third-order valence-electron chi connectivity index (χ3n) is 3.30. The Hall–Kier alpha value is -1.75. The van der Waals surface area contributed by atoms with E-state index in [1.165, 1.54) is 0 Å². The molecule has 1 aliphatic rings. The van der Waals surface area contributed by atoms with Gasteiger partial charge in [0.25, 0.3) is 0 Å². The summed E-state index contributed by atoms with van der Waals surface area (Å²) in [6.07, 6.45) is 0.578. The van der Waals surface area contributed by atoms with E-state index in [2.05, 4.69) is 5.32 Å². The topological polar surface area (TPSA) is 67.8 Å². The normalized spacial score (nSPS) is 13.6. The molecular formula is C14H19NO4. The lowest BCUT2D eigenvalue weighted by Gasteiger charge is -2.19. The van der Waals surface area contributed by atoms with Crippen LogP contribution in [0.1, 0.15) is 25.8 Å². The number of aliphatic carboxylic acids is 1. The molecule has 1 aliphatic heterocycles. The average Bonchev–Trinajstić information content (AvgIpc) is 2.83. The smallest absolute Gasteiger partial charge is 0.309 e. The van der Waals surface area contributed by atoms with Gasteiger partial charge < -0.3 is 19.9 Å². The highest BCUT2D eigenvalue weighted by molar-refractivity contribution is 5.73. The third kappa shape index (κ3) is 3.17. The fourth-order valence-corrected chi connectivity index (χ4v) is 1.86. The van der Waals surface area contributed by atoms with Crippen molar-refractivity contribution in [3.05, 3.63) is 23.8 Å². The molecule has 1 aromatic carbocycles. The Morgan fingerprint density at radius 2 is 2.21 bits per heavy atom. The van der Waals surface area contributed by atoms with Gasteiger partial charge in [-0.3, -0.25) is 4.79 Å². The molecule has 2 N–H and O–H groups in total. The highest BCUT2D eigenvalue weighted by atomic mass is 16.7. The van der Waals surface area contributed by atoms with Crippen LogP contribution in [0.5, 0.6) is 11.5 Å². The van der Waals surface area contributed by atoms with Crippen molar-refractivity contribution in [2.75, 3.05) is 13.3 Å². The van der Waals surface area contributed by atoms with E-state index in [0.717, 1.165) is 17.1 Å². The number of benzene rings is 1. The summed E-state index contributed by atoms with van der Waals surface area (Å²) in [7, 11) is 0. The summed E-state index contributed by atoms with van der Waals surface area (Å²) in [5.41, 5.74) is 0.328. The highest BCUT2D eigenvalue weighted by Crippen LogP contribution is 2.35. The summed E-state index contributed by atoms with van der Waals surface area (Å²) in [5.74, 6) is 0.782. The minimum atomic E-state index is -0.772. The molecule has 0 unspecified atom stereocenters. The maximum absolute atomic E-state index is 11.0. The zero-order valence-electron chi connectivity index (χ0n) is 11.2. The third-order valence-corrected chi connectivity index (χ3v) is 3.30. The second-order valence-electron chi connectivity index (χ2n) is 5.27. The monoisotopic (exact) mass is 265 g/mol. The number of ether oxygens (including phenoxy) is 2. The van der Waals surface area contributed by atoms with Gasteiger partial charge in [0.2, 0.25) is 6.79 Å². The Balaban J connectivity index is 1.84. The van der Waals surface area contributed by atoms with Crippen molar-refractivity contribution >= 4 is 5.97 Å².